The number of hydrogen-bond acceptors (Lipinski definition) is 14. The number of ketones is 1. The molecule has 0 spiro atoms. The number of hydrogen-bond donors (Lipinski definition) is 6. The molecule has 1 fully saturated rings. The van der Waals surface area contributed by atoms with Crippen LogP contribution in [0.5, 0.6) is 0 Å². The van der Waals surface area contributed by atoms with Crippen molar-refractivity contribution in [1.29, 1.82) is 0 Å². The second kappa shape index (κ2) is 27.5. The number of terminal acetylenes is 1. The van der Waals surface area contributed by atoms with Crippen molar-refractivity contribution >= 4 is 65.0 Å². The minimum Gasteiger partial charge on any atom is -0.460 e. The van der Waals surface area contributed by atoms with Crippen LogP contribution in [0.15, 0.2) is 0 Å². The van der Waals surface area contributed by atoms with Gasteiger partial charge in [-0.1, -0.05) is 47.0 Å². The summed E-state index contributed by atoms with van der Waals surface area (Å²) >= 11 is 0. The minimum absolute atomic E-state index is 0.0721. The SMILES string of the molecule is C#CCOC(=O)CNC(=O)C(=O)[C@H](CCC)NC(=O)[C@@H]1CCCN1C(=O)[C@@H](NC(=O)[C@@H](NC(=O)[C@H](CCC(=O)OC(C)(C)C)NC(=O)[C@H](CCC(=O)OC(C)(C)C)NC(C)=O)C(C)C)C(C)C. The molecule has 0 aliphatic carbocycles. The highest BCUT2D eigenvalue weighted by Gasteiger charge is 2.41. The normalized spacial score (nSPS) is 15.9. The van der Waals surface area contributed by atoms with Crippen molar-refractivity contribution in [2.45, 2.75) is 182 Å². The fourth-order valence-corrected chi connectivity index (χ4v) is 6.79. The van der Waals surface area contributed by atoms with Gasteiger partial charge in [0.15, 0.2) is 6.61 Å². The summed E-state index contributed by atoms with van der Waals surface area (Å²) in [6, 6.07) is -7.61. The topological polar surface area (TPSA) is 291 Å². The third-order valence-electron chi connectivity index (χ3n) is 9.90. The van der Waals surface area contributed by atoms with Crippen LogP contribution in [-0.2, 0) is 67.0 Å². The number of nitrogens with zero attached hydrogens (tertiary/aromatic N) is 1. The van der Waals surface area contributed by atoms with Crippen LogP contribution < -0.4 is 31.9 Å². The third-order valence-corrected chi connectivity index (χ3v) is 9.90. The summed E-state index contributed by atoms with van der Waals surface area (Å²) in [7, 11) is 0. The fourth-order valence-electron chi connectivity index (χ4n) is 6.79. The van der Waals surface area contributed by atoms with E-state index >= 15 is 0 Å². The maximum absolute atomic E-state index is 14.2. The van der Waals surface area contributed by atoms with Gasteiger partial charge in [-0.2, -0.15) is 0 Å². The van der Waals surface area contributed by atoms with Crippen LogP contribution in [0.2, 0.25) is 0 Å². The third kappa shape index (κ3) is 21.9. The molecule has 0 aromatic carbocycles. The molecule has 0 saturated carbocycles. The Morgan fingerprint density at radius 1 is 0.672 bits per heavy atom. The van der Waals surface area contributed by atoms with Crippen LogP contribution in [0.3, 0.4) is 0 Å². The molecule has 1 aliphatic heterocycles. The Bertz CT molecular complexity index is 1850. The van der Waals surface area contributed by atoms with Gasteiger partial charge in [0, 0.05) is 26.3 Å². The van der Waals surface area contributed by atoms with Gasteiger partial charge in [0.2, 0.25) is 41.2 Å². The monoisotopic (exact) mass is 948 g/mol. The van der Waals surface area contributed by atoms with E-state index in [1.165, 1.54) is 11.8 Å². The van der Waals surface area contributed by atoms with E-state index in [4.69, 9.17) is 15.9 Å². The molecular weight excluding hydrogens is 875 g/mol. The average molecular weight is 948 g/mol. The first-order valence-corrected chi connectivity index (χ1v) is 22.7. The van der Waals surface area contributed by atoms with Gasteiger partial charge in [0.25, 0.3) is 5.91 Å². The summed E-state index contributed by atoms with van der Waals surface area (Å²) in [6.07, 6.45) is 5.05. The minimum atomic E-state index is -1.46. The van der Waals surface area contributed by atoms with Crippen molar-refractivity contribution in [3.05, 3.63) is 0 Å². The van der Waals surface area contributed by atoms with E-state index in [1.54, 1.807) is 76.2 Å². The van der Waals surface area contributed by atoms with Crippen LogP contribution in [-0.4, -0.2) is 137 Å². The maximum atomic E-state index is 14.2. The maximum Gasteiger partial charge on any atom is 0.326 e. The number of rotatable bonds is 25. The predicted molar refractivity (Wildman–Crippen MR) is 243 cm³/mol. The average Bonchev–Trinajstić information content (AvgIpc) is 3.71. The zero-order valence-corrected chi connectivity index (χ0v) is 41.1. The Morgan fingerprint density at radius 3 is 1.66 bits per heavy atom. The highest BCUT2D eigenvalue weighted by Crippen LogP contribution is 2.22. The first-order valence-electron chi connectivity index (χ1n) is 22.7. The van der Waals surface area contributed by atoms with Crippen LogP contribution in [0.1, 0.15) is 134 Å². The summed E-state index contributed by atoms with van der Waals surface area (Å²) in [4.78, 5) is 146. The summed E-state index contributed by atoms with van der Waals surface area (Å²) in [5, 5.41) is 15.1. The van der Waals surface area contributed by atoms with Gasteiger partial charge in [-0.15, -0.1) is 6.42 Å². The number of ether oxygens (including phenoxy) is 3. The lowest BCUT2D eigenvalue weighted by Crippen LogP contribution is -2.61. The number of esters is 3. The van der Waals surface area contributed by atoms with E-state index in [1.807, 2.05) is 0 Å². The van der Waals surface area contributed by atoms with Gasteiger partial charge in [-0.3, -0.25) is 52.7 Å². The standard InChI is InChI=1S/C46H73N7O14/c1-14-17-29(38(58)43(63)47-25-35(57)65-24-15-2)49-41(61)32-18-16-23-53(32)44(64)37(27(5)6)52-42(62)36(26(3)4)51-40(60)31(20-22-34(56)67-46(11,12)13)50-39(59)30(48-28(7)54)19-21-33(55)66-45(8,9)10/h2,26-27,29-32,36-37H,14,16-25H2,1,3-13H3,(H,47,63)(H,48,54)(H,49,61)(H,50,59)(H,51,60)(H,52,62)/t29-,30-,31-,32-,36-,37-/m0/s1. The first kappa shape index (κ1) is 58.9. The van der Waals surface area contributed by atoms with Crippen LogP contribution in [0.4, 0.5) is 0 Å². The molecule has 6 atom stereocenters. The van der Waals surface area contributed by atoms with Crippen molar-refractivity contribution in [3.8, 4) is 12.3 Å². The molecule has 1 saturated heterocycles. The Labute approximate surface area is 393 Å². The number of nitrogens with one attached hydrogen (secondary N) is 6. The second-order valence-corrected chi connectivity index (χ2v) is 19.0. The van der Waals surface area contributed by atoms with Gasteiger partial charge in [-0.05, 0) is 85.5 Å². The number of carbonyl (C=O) groups excluding carboxylic acids is 11. The molecule has 0 unspecified atom stereocenters. The Balaban J connectivity index is 3.33. The summed E-state index contributed by atoms with van der Waals surface area (Å²) in [5.74, 6) is -7.77. The van der Waals surface area contributed by atoms with Gasteiger partial charge in [0.1, 0.15) is 48.0 Å². The van der Waals surface area contributed by atoms with Gasteiger partial charge < -0.3 is 51.0 Å². The van der Waals surface area contributed by atoms with Gasteiger partial charge in [0.05, 0.1) is 6.04 Å². The molecule has 1 aliphatic rings. The smallest absolute Gasteiger partial charge is 0.326 e. The first-order chi connectivity index (χ1) is 31.0. The van der Waals surface area contributed by atoms with Crippen LogP contribution in [0.25, 0.3) is 0 Å². The Kier molecular flexibility index (Phi) is 24.2. The number of amides is 7. The Hall–Kier alpha value is -6.07. The lowest BCUT2D eigenvalue weighted by atomic mass is 9.98. The summed E-state index contributed by atoms with van der Waals surface area (Å²) < 4.78 is 15.4. The van der Waals surface area contributed by atoms with E-state index < -0.39 is 131 Å². The van der Waals surface area contributed by atoms with Crippen molar-refractivity contribution in [2.75, 3.05) is 19.7 Å². The van der Waals surface area contributed by atoms with E-state index in [2.05, 4.69) is 42.6 Å². The molecule has 376 valence electrons. The van der Waals surface area contributed by atoms with E-state index in [9.17, 15) is 52.7 Å². The van der Waals surface area contributed by atoms with Crippen LogP contribution >= 0.6 is 0 Å². The fraction of sp³-hybridized carbons (Fsp3) is 0.717. The lowest BCUT2D eigenvalue weighted by molar-refractivity contribution is -0.156. The molecule has 1 heterocycles. The zero-order valence-electron chi connectivity index (χ0n) is 41.1. The van der Waals surface area contributed by atoms with Crippen molar-refractivity contribution in [3.63, 3.8) is 0 Å². The molecule has 21 nitrogen and oxygen atoms in total. The molecule has 6 N–H and O–H groups in total. The zero-order chi connectivity index (χ0) is 51.4. The van der Waals surface area contributed by atoms with E-state index in [-0.39, 0.29) is 51.7 Å². The molecule has 7 amide bonds. The molecule has 0 aromatic rings. The van der Waals surface area contributed by atoms with Crippen molar-refractivity contribution < 1.29 is 67.0 Å². The molecule has 1 rings (SSSR count). The van der Waals surface area contributed by atoms with Gasteiger partial charge in [-0.25, -0.2) is 0 Å². The van der Waals surface area contributed by atoms with E-state index in [0.29, 0.717) is 12.8 Å². The molecular formula is C46H73N7O14. The van der Waals surface area contributed by atoms with E-state index in [0.717, 1.165) is 0 Å². The largest absolute Gasteiger partial charge is 0.460 e. The molecule has 0 bridgehead atoms. The molecule has 0 aromatic heterocycles. The quantitative estimate of drug-likeness (QED) is 0.0317. The lowest BCUT2D eigenvalue weighted by Gasteiger charge is -2.33. The number of carbonyl (C=O) groups is 11. The highest BCUT2D eigenvalue weighted by molar-refractivity contribution is 6.38. The Morgan fingerprint density at radius 2 is 1.18 bits per heavy atom. The van der Waals surface area contributed by atoms with Crippen molar-refractivity contribution in [2.24, 2.45) is 11.8 Å². The second-order valence-electron chi connectivity index (χ2n) is 19.0. The van der Waals surface area contributed by atoms with Crippen LogP contribution in [0, 0.1) is 24.2 Å². The van der Waals surface area contributed by atoms with Crippen molar-refractivity contribution in [1.82, 2.24) is 36.8 Å². The number of likely N-dealkylation sites (tertiary alicyclic amines) is 1. The molecule has 0 radical (unpaired) electrons. The molecule has 21 heteroatoms. The predicted octanol–water partition coefficient (Wildman–Crippen LogP) is 0.639. The molecule has 67 heavy (non-hydrogen) atoms. The number of Topliss-reactive ketones (excluding diaryl/α,β-unsaturated/α-hetero) is 1. The highest BCUT2D eigenvalue weighted by atomic mass is 16.6. The summed E-state index contributed by atoms with van der Waals surface area (Å²) in [5.41, 5.74) is -1.67. The summed E-state index contributed by atoms with van der Waals surface area (Å²) in [6.45, 7) is 18.7. The van der Waals surface area contributed by atoms with Gasteiger partial charge >= 0.3 is 17.9 Å².